The lowest BCUT2D eigenvalue weighted by atomic mass is 10.0. The number of rotatable bonds is 5. The van der Waals surface area contributed by atoms with E-state index in [2.05, 4.69) is 23.4 Å². The van der Waals surface area contributed by atoms with Crippen LogP contribution in [0.15, 0.2) is 6.20 Å². The van der Waals surface area contributed by atoms with Gasteiger partial charge in [0, 0.05) is 23.5 Å². The monoisotopic (exact) mass is 252 g/mol. The third kappa shape index (κ3) is 4.07. The Bertz CT molecular complexity index is 314. The summed E-state index contributed by atoms with van der Waals surface area (Å²) in [7, 11) is 0. The maximum absolute atomic E-state index is 4.64. The molecule has 1 fully saturated rings. The quantitative estimate of drug-likeness (QED) is 0.631. The van der Waals surface area contributed by atoms with E-state index >= 15 is 0 Å². The van der Waals surface area contributed by atoms with E-state index in [1.165, 1.54) is 54.8 Å². The fourth-order valence-electron chi connectivity index (χ4n) is 2.51. The molecule has 0 saturated heterocycles. The SMILES string of the molecule is CCCNCc1cnc(C2CCCCCC2)s1. The Labute approximate surface area is 109 Å². The molecule has 0 bridgehead atoms. The summed E-state index contributed by atoms with van der Waals surface area (Å²) >= 11 is 1.93. The lowest BCUT2D eigenvalue weighted by molar-refractivity contribution is 0.589. The Balaban J connectivity index is 1.87. The van der Waals surface area contributed by atoms with E-state index in [1.807, 2.05) is 11.3 Å². The third-order valence-corrected chi connectivity index (χ3v) is 4.66. The number of nitrogens with zero attached hydrogens (tertiary/aromatic N) is 1. The second-order valence-electron chi connectivity index (χ2n) is 5.03. The van der Waals surface area contributed by atoms with Gasteiger partial charge in [-0.3, -0.25) is 0 Å². The van der Waals surface area contributed by atoms with Crippen molar-refractivity contribution in [1.29, 1.82) is 0 Å². The molecule has 2 nitrogen and oxygen atoms in total. The topological polar surface area (TPSA) is 24.9 Å². The minimum Gasteiger partial charge on any atom is -0.312 e. The summed E-state index contributed by atoms with van der Waals surface area (Å²) in [6.07, 6.45) is 11.6. The molecule has 1 heterocycles. The molecule has 3 heteroatoms. The van der Waals surface area contributed by atoms with Crippen molar-refractivity contribution in [2.75, 3.05) is 6.54 Å². The molecule has 1 aromatic heterocycles. The minimum atomic E-state index is 0.752. The fraction of sp³-hybridized carbons (Fsp3) is 0.786. The van der Waals surface area contributed by atoms with Gasteiger partial charge in [0.1, 0.15) is 0 Å². The summed E-state index contributed by atoms with van der Waals surface area (Å²) in [5.74, 6) is 0.752. The van der Waals surface area contributed by atoms with Crippen molar-refractivity contribution < 1.29 is 0 Å². The van der Waals surface area contributed by atoms with Crippen molar-refractivity contribution in [2.24, 2.45) is 0 Å². The number of aromatic nitrogens is 1. The highest BCUT2D eigenvalue weighted by atomic mass is 32.1. The van der Waals surface area contributed by atoms with Crippen LogP contribution in [-0.4, -0.2) is 11.5 Å². The fourth-order valence-corrected chi connectivity index (χ4v) is 3.56. The van der Waals surface area contributed by atoms with Crippen LogP contribution in [0.4, 0.5) is 0 Å². The van der Waals surface area contributed by atoms with Crippen LogP contribution in [0.3, 0.4) is 0 Å². The van der Waals surface area contributed by atoms with Crippen molar-refractivity contribution >= 4 is 11.3 Å². The summed E-state index contributed by atoms with van der Waals surface area (Å²) < 4.78 is 0. The van der Waals surface area contributed by atoms with Crippen molar-refractivity contribution in [3.05, 3.63) is 16.1 Å². The molecule has 1 aliphatic carbocycles. The van der Waals surface area contributed by atoms with Crippen LogP contribution in [0.25, 0.3) is 0 Å². The van der Waals surface area contributed by atoms with Crippen molar-refractivity contribution in [2.45, 2.75) is 64.3 Å². The number of nitrogens with one attached hydrogen (secondary N) is 1. The molecule has 96 valence electrons. The number of hydrogen-bond acceptors (Lipinski definition) is 3. The summed E-state index contributed by atoms with van der Waals surface area (Å²) in [5, 5.41) is 4.84. The lowest BCUT2D eigenvalue weighted by Crippen LogP contribution is -2.12. The van der Waals surface area contributed by atoms with E-state index in [9.17, 15) is 0 Å². The molecule has 0 atom stereocenters. The Kier molecular flexibility index (Phi) is 5.46. The van der Waals surface area contributed by atoms with Crippen LogP contribution < -0.4 is 5.32 Å². The van der Waals surface area contributed by atoms with E-state index in [1.54, 1.807) is 0 Å². The first-order valence-electron chi connectivity index (χ1n) is 7.05. The first-order valence-corrected chi connectivity index (χ1v) is 7.87. The van der Waals surface area contributed by atoms with Crippen molar-refractivity contribution in [3.63, 3.8) is 0 Å². The van der Waals surface area contributed by atoms with Gasteiger partial charge in [-0.2, -0.15) is 0 Å². The smallest absolute Gasteiger partial charge is 0.0959 e. The number of hydrogen-bond donors (Lipinski definition) is 1. The highest BCUT2D eigenvalue weighted by Gasteiger charge is 2.17. The van der Waals surface area contributed by atoms with Crippen LogP contribution >= 0.6 is 11.3 Å². The van der Waals surface area contributed by atoms with Gasteiger partial charge in [0.15, 0.2) is 0 Å². The molecule has 1 aliphatic rings. The lowest BCUT2D eigenvalue weighted by Gasteiger charge is -2.09. The summed E-state index contributed by atoms with van der Waals surface area (Å²) in [5.41, 5.74) is 0. The van der Waals surface area contributed by atoms with Gasteiger partial charge < -0.3 is 5.32 Å². The molecule has 0 spiro atoms. The minimum absolute atomic E-state index is 0.752. The molecule has 1 aromatic rings. The highest BCUT2D eigenvalue weighted by Crippen LogP contribution is 2.33. The molecule has 1 N–H and O–H groups in total. The summed E-state index contributed by atoms with van der Waals surface area (Å²) in [6.45, 7) is 4.31. The molecule has 0 aliphatic heterocycles. The molecule has 0 aromatic carbocycles. The van der Waals surface area contributed by atoms with Gasteiger partial charge in [0.05, 0.1) is 5.01 Å². The van der Waals surface area contributed by atoms with Crippen LogP contribution in [0.2, 0.25) is 0 Å². The Morgan fingerprint density at radius 3 is 2.76 bits per heavy atom. The zero-order valence-electron chi connectivity index (χ0n) is 10.9. The second kappa shape index (κ2) is 7.12. The summed E-state index contributed by atoms with van der Waals surface area (Å²) in [4.78, 5) is 6.04. The highest BCUT2D eigenvalue weighted by molar-refractivity contribution is 7.11. The van der Waals surface area contributed by atoms with Gasteiger partial charge in [-0.05, 0) is 25.8 Å². The van der Waals surface area contributed by atoms with Gasteiger partial charge in [-0.25, -0.2) is 4.98 Å². The molecular formula is C14H24N2S. The molecule has 2 rings (SSSR count). The molecule has 17 heavy (non-hydrogen) atoms. The Morgan fingerprint density at radius 1 is 1.29 bits per heavy atom. The number of thiazole rings is 1. The molecule has 0 amide bonds. The molecule has 0 unspecified atom stereocenters. The van der Waals surface area contributed by atoms with E-state index in [4.69, 9.17) is 0 Å². The standard InChI is InChI=1S/C14H24N2S/c1-2-9-15-10-13-11-16-14(17-13)12-7-5-3-4-6-8-12/h11-12,15H,2-10H2,1H3. The maximum Gasteiger partial charge on any atom is 0.0959 e. The normalized spacial score (nSPS) is 18.2. The largest absolute Gasteiger partial charge is 0.312 e. The van der Waals surface area contributed by atoms with Crippen LogP contribution in [0, 0.1) is 0 Å². The second-order valence-corrected chi connectivity index (χ2v) is 6.18. The predicted molar refractivity (Wildman–Crippen MR) is 74.6 cm³/mol. The van der Waals surface area contributed by atoms with Gasteiger partial charge in [0.25, 0.3) is 0 Å². The first kappa shape index (κ1) is 13.0. The maximum atomic E-state index is 4.64. The van der Waals surface area contributed by atoms with Crippen molar-refractivity contribution in [3.8, 4) is 0 Å². The van der Waals surface area contributed by atoms with E-state index in [0.717, 1.165) is 19.0 Å². The average molecular weight is 252 g/mol. The Morgan fingerprint density at radius 2 is 2.06 bits per heavy atom. The van der Waals surface area contributed by atoms with Crippen LogP contribution in [0.5, 0.6) is 0 Å². The van der Waals surface area contributed by atoms with Crippen LogP contribution in [0.1, 0.15) is 67.7 Å². The molecule has 1 saturated carbocycles. The van der Waals surface area contributed by atoms with Gasteiger partial charge in [-0.15, -0.1) is 11.3 Å². The van der Waals surface area contributed by atoms with E-state index < -0.39 is 0 Å². The predicted octanol–water partition coefficient (Wildman–Crippen LogP) is 4.08. The molecule has 0 radical (unpaired) electrons. The Hall–Kier alpha value is -0.410. The first-order chi connectivity index (χ1) is 8.40. The average Bonchev–Trinajstić information content (AvgIpc) is 2.64. The van der Waals surface area contributed by atoms with Crippen molar-refractivity contribution in [1.82, 2.24) is 10.3 Å². The van der Waals surface area contributed by atoms with Gasteiger partial charge >= 0.3 is 0 Å². The van der Waals surface area contributed by atoms with Gasteiger partial charge in [-0.1, -0.05) is 32.6 Å². The van der Waals surface area contributed by atoms with Gasteiger partial charge in [0.2, 0.25) is 0 Å². The van der Waals surface area contributed by atoms with E-state index in [0.29, 0.717) is 0 Å². The zero-order chi connectivity index (χ0) is 11.9. The summed E-state index contributed by atoms with van der Waals surface area (Å²) in [6, 6.07) is 0. The zero-order valence-corrected chi connectivity index (χ0v) is 11.7. The molecular weight excluding hydrogens is 228 g/mol. The third-order valence-electron chi connectivity index (χ3n) is 3.50. The van der Waals surface area contributed by atoms with Crippen LogP contribution in [-0.2, 0) is 6.54 Å². The van der Waals surface area contributed by atoms with E-state index in [-0.39, 0.29) is 0 Å².